The van der Waals surface area contributed by atoms with E-state index in [9.17, 15) is 4.79 Å². The Balaban J connectivity index is 1.85. The van der Waals surface area contributed by atoms with Crippen molar-refractivity contribution < 1.29 is 14.3 Å². The Bertz CT molecular complexity index is 537. The van der Waals surface area contributed by atoms with Gasteiger partial charge in [0.2, 0.25) is 6.79 Å². The summed E-state index contributed by atoms with van der Waals surface area (Å²) in [4.78, 5) is 16.4. The van der Waals surface area contributed by atoms with Crippen molar-refractivity contribution in [2.75, 3.05) is 19.9 Å². The van der Waals surface area contributed by atoms with Crippen LogP contribution in [0.1, 0.15) is 22.3 Å². The summed E-state index contributed by atoms with van der Waals surface area (Å²) in [5.74, 6) is 2.18. The van der Waals surface area contributed by atoms with Crippen LogP contribution in [0.4, 0.5) is 0 Å². The Morgan fingerprint density at radius 2 is 2.17 bits per heavy atom. The Hall–Kier alpha value is -2.04. The molecule has 0 saturated heterocycles. The zero-order valence-electron chi connectivity index (χ0n) is 10.2. The maximum absolute atomic E-state index is 12.2. The first-order chi connectivity index (χ1) is 8.74. The average Bonchev–Trinajstić information content (AvgIpc) is 2.98. The van der Waals surface area contributed by atoms with Crippen LogP contribution in [-0.2, 0) is 0 Å². The third-order valence-electron chi connectivity index (χ3n) is 3.09. The number of amidine groups is 1. The molecule has 2 heterocycles. The molecule has 0 atom stereocenters. The summed E-state index contributed by atoms with van der Waals surface area (Å²) in [6.07, 6.45) is 0.320. The number of ketones is 1. The fraction of sp³-hybridized carbons (Fsp3) is 0.385. The van der Waals surface area contributed by atoms with Crippen LogP contribution in [0, 0.1) is 6.92 Å². The molecule has 0 unspecified atom stereocenters. The molecule has 3 rings (SSSR count). The largest absolute Gasteiger partial charge is 0.454 e. The van der Waals surface area contributed by atoms with E-state index in [2.05, 4.69) is 10.3 Å². The number of ether oxygens (including phenoxy) is 2. The van der Waals surface area contributed by atoms with E-state index in [0.717, 1.165) is 24.5 Å². The van der Waals surface area contributed by atoms with Crippen molar-refractivity contribution in [3.05, 3.63) is 23.3 Å². The third kappa shape index (κ3) is 1.92. The van der Waals surface area contributed by atoms with Gasteiger partial charge in [0.1, 0.15) is 5.84 Å². The second-order valence-corrected chi connectivity index (χ2v) is 4.38. The van der Waals surface area contributed by atoms with Crippen molar-refractivity contribution in [1.82, 2.24) is 5.32 Å². The van der Waals surface area contributed by atoms with Gasteiger partial charge in [-0.05, 0) is 24.6 Å². The van der Waals surface area contributed by atoms with Gasteiger partial charge in [-0.1, -0.05) is 0 Å². The number of benzene rings is 1. The van der Waals surface area contributed by atoms with Crippen LogP contribution < -0.4 is 14.8 Å². The second-order valence-electron chi connectivity index (χ2n) is 4.38. The topological polar surface area (TPSA) is 59.9 Å². The molecule has 2 aliphatic heterocycles. The number of fused-ring (bicyclic) bond motifs is 1. The summed E-state index contributed by atoms with van der Waals surface area (Å²) in [5, 5.41) is 3.10. The molecule has 94 valence electrons. The molecule has 0 aromatic heterocycles. The number of hydrogen-bond donors (Lipinski definition) is 1. The molecule has 0 spiro atoms. The smallest absolute Gasteiger partial charge is 0.231 e. The summed E-state index contributed by atoms with van der Waals surface area (Å²) in [7, 11) is 0. The molecule has 0 bridgehead atoms. The zero-order chi connectivity index (χ0) is 12.5. The van der Waals surface area contributed by atoms with Gasteiger partial charge in [-0.25, -0.2) is 0 Å². The molecular formula is C13H14N2O3. The number of nitrogens with one attached hydrogen (secondary N) is 1. The normalized spacial score (nSPS) is 16.4. The van der Waals surface area contributed by atoms with Crippen molar-refractivity contribution in [3.8, 4) is 11.5 Å². The van der Waals surface area contributed by atoms with E-state index in [0.29, 0.717) is 23.5 Å². The minimum absolute atomic E-state index is 0.0546. The summed E-state index contributed by atoms with van der Waals surface area (Å²) >= 11 is 0. The van der Waals surface area contributed by atoms with Crippen LogP contribution in [0.15, 0.2) is 17.1 Å². The van der Waals surface area contributed by atoms with Crippen molar-refractivity contribution >= 4 is 11.6 Å². The van der Waals surface area contributed by atoms with E-state index in [4.69, 9.17) is 9.47 Å². The first-order valence-corrected chi connectivity index (χ1v) is 5.94. The predicted molar refractivity (Wildman–Crippen MR) is 66.6 cm³/mol. The average molecular weight is 246 g/mol. The van der Waals surface area contributed by atoms with Crippen molar-refractivity contribution in [2.45, 2.75) is 13.3 Å². The Morgan fingerprint density at radius 1 is 1.39 bits per heavy atom. The second kappa shape index (κ2) is 4.33. The first kappa shape index (κ1) is 11.1. The molecule has 1 aromatic rings. The highest BCUT2D eigenvalue weighted by atomic mass is 16.7. The molecule has 0 aliphatic carbocycles. The Labute approximate surface area is 105 Å². The maximum Gasteiger partial charge on any atom is 0.231 e. The Kier molecular flexibility index (Phi) is 2.66. The van der Waals surface area contributed by atoms with Gasteiger partial charge in [-0.3, -0.25) is 9.79 Å². The SMILES string of the molecule is Cc1cc2c(cc1C(=O)CC1=NCCN1)OCO2. The summed E-state index contributed by atoms with van der Waals surface area (Å²) < 4.78 is 10.6. The lowest BCUT2D eigenvalue weighted by Gasteiger charge is -2.07. The standard InChI is InChI=1S/C13H14N2O3/c1-8-4-11-12(18-7-17-11)5-9(8)10(16)6-13-14-2-3-15-13/h4-5H,2-3,6-7H2,1H3,(H,14,15). The minimum atomic E-state index is 0.0546. The molecule has 0 amide bonds. The number of carbonyl (C=O) groups is 1. The number of carbonyl (C=O) groups excluding carboxylic acids is 1. The van der Waals surface area contributed by atoms with Crippen LogP contribution in [-0.4, -0.2) is 31.5 Å². The fourth-order valence-corrected chi connectivity index (χ4v) is 2.16. The third-order valence-corrected chi connectivity index (χ3v) is 3.09. The number of Topliss-reactive ketones (excluding diaryl/α,β-unsaturated/α-hetero) is 1. The monoisotopic (exact) mass is 246 g/mol. The molecule has 18 heavy (non-hydrogen) atoms. The summed E-state index contributed by atoms with van der Waals surface area (Å²) in [6, 6.07) is 3.61. The van der Waals surface area contributed by atoms with Gasteiger partial charge in [-0.15, -0.1) is 0 Å². The van der Waals surface area contributed by atoms with Gasteiger partial charge < -0.3 is 14.8 Å². The Morgan fingerprint density at radius 3 is 2.89 bits per heavy atom. The summed E-state index contributed by atoms with van der Waals surface area (Å²) in [5.41, 5.74) is 1.58. The molecule has 0 radical (unpaired) electrons. The quantitative estimate of drug-likeness (QED) is 0.817. The first-order valence-electron chi connectivity index (χ1n) is 5.94. The zero-order valence-corrected chi connectivity index (χ0v) is 10.2. The van der Waals surface area contributed by atoms with Gasteiger partial charge in [-0.2, -0.15) is 0 Å². The van der Waals surface area contributed by atoms with E-state index < -0.39 is 0 Å². The molecule has 5 nitrogen and oxygen atoms in total. The molecule has 1 N–H and O–H groups in total. The molecule has 2 aliphatic rings. The van der Waals surface area contributed by atoms with E-state index >= 15 is 0 Å². The highest BCUT2D eigenvalue weighted by molar-refractivity contribution is 6.10. The van der Waals surface area contributed by atoms with Crippen molar-refractivity contribution in [2.24, 2.45) is 4.99 Å². The number of aliphatic imine (C=N–C) groups is 1. The highest BCUT2D eigenvalue weighted by Crippen LogP contribution is 2.34. The lowest BCUT2D eigenvalue weighted by molar-refractivity contribution is 0.0999. The van der Waals surface area contributed by atoms with Crippen LogP contribution in [0.3, 0.4) is 0 Å². The van der Waals surface area contributed by atoms with E-state index in [-0.39, 0.29) is 12.6 Å². The summed E-state index contributed by atoms with van der Waals surface area (Å²) in [6.45, 7) is 3.70. The molecule has 5 heteroatoms. The van der Waals surface area contributed by atoms with Gasteiger partial charge in [0.15, 0.2) is 17.3 Å². The van der Waals surface area contributed by atoms with Crippen LogP contribution in [0.5, 0.6) is 11.5 Å². The van der Waals surface area contributed by atoms with Gasteiger partial charge >= 0.3 is 0 Å². The fourth-order valence-electron chi connectivity index (χ4n) is 2.16. The number of hydrogen-bond acceptors (Lipinski definition) is 5. The minimum Gasteiger partial charge on any atom is -0.454 e. The van der Waals surface area contributed by atoms with Crippen LogP contribution in [0.25, 0.3) is 0 Å². The van der Waals surface area contributed by atoms with E-state index in [1.807, 2.05) is 13.0 Å². The van der Waals surface area contributed by atoms with Crippen LogP contribution in [0.2, 0.25) is 0 Å². The molecule has 1 aromatic carbocycles. The maximum atomic E-state index is 12.2. The van der Waals surface area contributed by atoms with Gasteiger partial charge in [0, 0.05) is 12.1 Å². The van der Waals surface area contributed by atoms with Crippen LogP contribution >= 0.6 is 0 Å². The molecule has 0 saturated carbocycles. The predicted octanol–water partition coefficient (Wildman–Crippen LogP) is 1.30. The molecule has 0 fully saturated rings. The lowest BCUT2D eigenvalue weighted by Crippen LogP contribution is -2.22. The van der Waals surface area contributed by atoms with Gasteiger partial charge in [0.25, 0.3) is 0 Å². The van der Waals surface area contributed by atoms with E-state index in [1.165, 1.54) is 0 Å². The number of rotatable bonds is 3. The van der Waals surface area contributed by atoms with Gasteiger partial charge in [0.05, 0.1) is 13.0 Å². The van der Waals surface area contributed by atoms with Crippen molar-refractivity contribution in [3.63, 3.8) is 0 Å². The van der Waals surface area contributed by atoms with E-state index in [1.54, 1.807) is 6.07 Å². The highest BCUT2D eigenvalue weighted by Gasteiger charge is 2.20. The lowest BCUT2D eigenvalue weighted by atomic mass is 10.0. The van der Waals surface area contributed by atoms with Crippen molar-refractivity contribution in [1.29, 1.82) is 0 Å². The molecular weight excluding hydrogens is 232 g/mol. The number of nitrogens with zero attached hydrogens (tertiary/aromatic N) is 1. The number of aryl methyl sites for hydroxylation is 1.